The Balaban J connectivity index is 2.54. The quantitative estimate of drug-likeness (QED) is 0.388. The number of hydrogen-bond donors (Lipinski definition) is 0. The third kappa shape index (κ3) is 6.82. The van der Waals surface area contributed by atoms with Gasteiger partial charge in [0.15, 0.2) is 6.10 Å². The Bertz CT molecular complexity index is 509. The van der Waals surface area contributed by atoms with Crippen LogP contribution >= 0.6 is 0 Å². The molecule has 1 atom stereocenters. The monoisotopic (exact) mass is 341 g/mol. The van der Waals surface area contributed by atoms with Crippen LogP contribution in [-0.4, -0.2) is 68.6 Å². The smallest absolute Gasteiger partial charge is 0.410 e. The molecule has 8 heteroatoms. The van der Waals surface area contributed by atoms with Crippen LogP contribution in [0.25, 0.3) is 0 Å². The van der Waals surface area contributed by atoms with Crippen molar-refractivity contribution < 1.29 is 33.3 Å². The molecule has 0 aromatic heterocycles. The third-order valence-electron chi connectivity index (χ3n) is 3.03. The summed E-state index contributed by atoms with van der Waals surface area (Å²) >= 11 is 0. The molecule has 1 amide bonds. The number of morpholine rings is 1. The third-order valence-corrected chi connectivity index (χ3v) is 3.03. The highest BCUT2D eigenvalue weighted by atomic mass is 16.6. The second-order valence-corrected chi connectivity index (χ2v) is 5.36. The predicted octanol–water partition coefficient (Wildman–Crippen LogP) is 1.06. The van der Waals surface area contributed by atoms with Gasteiger partial charge in [0.05, 0.1) is 13.2 Å². The van der Waals surface area contributed by atoms with E-state index in [1.54, 1.807) is 0 Å². The summed E-state index contributed by atoms with van der Waals surface area (Å²) in [6, 6.07) is 0. The number of rotatable bonds is 7. The molecule has 0 N–H and O–H groups in total. The number of carbonyl (C=O) groups excluding carboxylic acids is 3. The first kappa shape index (κ1) is 19.7. The maximum atomic E-state index is 11.9. The van der Waals surface area contributed by atoms with E-state index in [0.717, 1.165) is 0 Å². The van der Waals surface area contributed by atoms with E-state index in [0.29, 0.717) is 26.3 Å². The zero-order chi connectivity index (χ0) is 18.1. The summed E-state index contributed by atoms with van der Waals surface area (Å²) in [5, 5.41) is 0. The second-order valence-electron chi connectivity index (χ2n) is 5.36. The number of nitrogens with zero attached hydrogens (tertiary/aromatic N) is 1. The number of esters is 2. The van der Waals surface area contributed by atoms with Crippen LogP contribution in [0.5, 0.6) is 0 Å². The van der Waals surface area contributed by atoms with Gasteiger partial charge in [0.25, 0.3) is 0 Å². The van der Waals surface area contributed by atoms with Crippen molar-refractivity contribution in [1.29, 1.82) is 0 Å². The zero-order valence-electron chi connectivity index (χ0n) is 14.0. The van der Waals surface area contributed by atoms with Crippen LogP contribution in [0.2, 0.25) is 0 Å². The molecule has 24 heavy (non-hydrogen) atoms. The fourth-order valence-corrected chi connectivity index (χ4v) is 1.66. The lowest BCUT2D eigenvalue weighted by Crippen LogP contribution is -2.42. The summed E-state index contributed by atoms with van der Waals surface area (Å²) in [6.45, 7) is 11.2. The highest BCUT2D eigenvalue weighted by molar-refractivity contribution is 5.87. The van der Waals surface area contributed by atoms with Crippen molar-refractivity contribution in [1.82, 2.24) is 4.90 Å². The van der Waals surface area contributed by atoms with Gasteiger partial charge in [0.2, 0.25) is 0 Å². The van der Waals surface area contributed by atoms with Crippen LogP contribution < -0.4 is 0 Å². The Morgan fingerprint density at radius 2 is 1.54 bits per heavy atom. The molecule has 0 bridgehead atoms. The lowest BCUT2D eigenvalue weighted by molar-refractivity contribution is -0.156. The molecule has 0 radical (unpaired) electrons. The molecule has 1 rings (SSSR count). The number of carbonyl (C=O) groups is 3. The van der Waals surface area contributed by atoms with Gasteiger partial charge in [-0.1, -0.05) is 13.2 Å². The lowest BCUT2D eigenvalue weighted by atomic mass is 10.3. The first-order chi connectivity index (χ1) is 11.3. The van der Waals surface area contributed by atoms with Gasteiger partial charge >= 0.3 is 18.0 Å². The fourth-order valence-electron chi connectivity index (χ4n) is 1.66. The lowest BCUT2D eigenvalue weighted by Gasteiger charge is -2.27. The molecule has 0 spiro atoms. The maximum absolute atomic E-state index is 11.9. The van der Waals surface area contributed by atoms with Crippen LogP contribution in [0, 0.1) is 0 Å². The molecular formula is C16H23NO7. The molecule has 1 fully saturated rings. The standard InChI is InChI=1S/C16H23NO7/c1-11(2)14(18)22-9-13(24-15(19)12(3)4)10-23-16(20)17-5-7-21-8-6-17/h13H,1,3,5-10H2,2,4H3. The zero-order valence-corrected chi connectivity index (χ0v) is 14.0. The Hall–Kier alpha value is -2.35. The van der Waals surface area contributed by atoms with Gasteiger partial charge in [-0.15, -0.1) is 0 Å². The van der Waals surface area contributed by atoms with Gasteiger partial charge in [0, 0.05) is 24.2 Å². The maximum Gasteiger partial charge on any atom is 0.410 e. The Kier molecular flexibility index (Phi) is 7.97. The summed E-state index contributed by atoms with van der Waals surface area (Å²) in [5.74, 6) is -1.28. The molecule has 0 saturated carbocycles. The van der Waals surface area contributed by atoms with E-state index in [-0.39, 0.29) is 24.4 Å². The van der Waals surface area contributed by atoms with Crippen molar-refractivity contribution in [3.8, 4) is 0 Å². The van der Waals surface area contributed by atoms with Gasteiger partial charge in [0.1, 0.15) is 13.2 Å². The van der Waals surface area contributed by atoms with Crippen molar-refractivity contribution in [2.75, 3.05) is 39.5 Å². The second kappa shape index (κ2) is 9.71. The Morgan fingerprint density at radius 1 is 1.00 bits per heavy atom. The minimum Gasteiger partial charge on any atom is -0.458 e. The van der Waals surface area contributed by atoms with E-state index in [2.05, 4.69) is 13.2 Å². The summed E-state index contributed by atoms with van der Waals surface area (Å²) < 4.78 is 20.3. The van der Waals surface area contributed by atoms with E-state index in [9.17, 15) is 14.4 Å². The summed E-state index contributed by atoms with van der Waals surface area (Å²) in [6.07, 6.45) is -1.47. The van der Waals surface area contributed by atoms with Gasteiger partial charge in [-0.2, -0.15) is 0 Å². The van der Waals surface area contributed by atoms with Crippen molar-refractivity contribution in [2.24, 2.45) is 0 Å². The fraction of sp³-hybridized carbons (Fsp3) is 0.562. The molecule has 134 valence electrons. The van der Waals surface area contributed by atoms with E-state index >= 15 is 0 Å². The number of ether oxygens (including phenoxy) is 4. The number of amides is 1. The van der Waals surface area contributed by atoms with Gasteiger partial charge < -0.3 is 23.8 Å². The summed E-state index contributed by atoms with van der Waals surface area (Å²) in [4.78, 5) is 36.5. The summed E-state index contributed by atoms with van der Waals surface area (Å²) in [5.41, 5.74) is 0.399. The molecule has 1 heterocycles. The largest absolute Gasteiger partial charge is 0.458 e. The number of hydrogen-bond acceptors (Lipinski definition) is 7. The molecule has 0 aliphatic carbocycles. The minimum absolute atomic E-state index is 0.186. The SMILES string of the molecule is C=C(C)C(=O)OCC(COC(=O)N1CCOCC1)OC(=O)C(=C)C. The molecule has 1 aliphatic rings. The minimum atomic E-state index is -0.928. The van der Waals surface area contributed by atoms with Gasteiger partial charge in [-0.25, -0.2) is 14.4 Å². The van der Waals surface area contributed by atoms with Crippen LogP contribution in [0.4, 0.5) is 4.79 Å². The molecule has 8 nitrogen and oxygen atoms in total. The van der Waals surface area contributed by atoms with E-state index in [1.165, 1.54) is 18.7 Å². The van der Waals surface area contributed by atoms with Gasteiger partial charge in [-0.05, 0) is 13.8 Å². The average Bonchev–Trinajstić information content (AvgIpc) is 2.56. The molecule has 1 aliphatic heterocycles. The normalized spacial score (nSPS) is 15.2. The molecule has 0 aromatic rings. The Morgan fingerprint density at radius 3 is 2.08 bits per heavy atom. The van der Waals surface area contributed by atoms with Crippen LogP contribution in [0.3, 0.4) is 0 Å². The molecular weight excluding hydrogens is 318 g/mol. The topological polar surface area (TPSA) is 91.4 Å². The predicted molar refractivity (Wildman–Crippen MR) is 84.2 cm³/mol. The summed E-state index contributed by atoms with van der Waals surface area (Å²) in [7, 11) is 0. The van der Waals surface area contributed by atoms with Crippen LogP contribution in [-0.2, 0) is 28.5 Å². The van der Waals surface area contributed by atoms with E-state index in [4.69, 9.17) is 18.9 Å². The molecule has 1 unspecified atom stereocenters. The van der Waals surface area contributed by atoms with Crippen molar-refractivity contribution in [2.45, 2.75) is 20.0 Å². The van der Waals surface area contributed by atoms with Crippen molar-refractivity contribution >= 4 is 18.0 Å². The molecule has 1 saturated heterocycles. The van der Waals surface area contributed by atoms with Crippen molar-refractivity contribution in [3.05, 3.63) is 24.3 Å². The van der Waals surface area contributed by atoms with E-state index in [1.807, 2.05) is 0 Å². The molecule has 0 aromatic carbocycles. The highest BCUT2D eigenvalue weighted by Crippen LogP contribution is 2.06. The first-order valence-corrected chi connectivity index (χ1v) is 7.49. The van der Waals surface area contributed by atoms with Crippen molar-refractivity contribution in [3.63, 3.8) is 0 Å². The van der Waals surface area contributed by atoms with Crippen LogP contribution in [0.1, 0.15) is 13.8 Å². The van der Waals surface area contributed by atoms with Gasteiger partial charge in [-0.3, -0.25) is 0 Å². The van der Waals surface area contributed by atoms with Crippen LogP contribution in [0.15, 0.2) is 24.3 Å². The Labute approximate surface area is 141 Å². The first-order valence-electron chi connectivity index (χ1n) is 7.49. The van der Waals surface area contributed by atoms with E-state index < -0.39 is 24.1 Å². The highest BCUT2D eigenvalue weighted by Gasteiger charge is 2.23. The average molecular weight is 341 g/mol.